The first-order valence-electron chi connectivity index (χ1n) is 7.27. The lowest BCUT2D eigenvalue weighted by atomic mass is 10.2. The fourth-order valence-electron chi connectivity index (χ4n) is 2.47. The molecule has 1 aromatic carbocycles. The predicted octanol–water partition coefficient (Wildman–Crippen LogP) is 1.81. The highest BCUT2D eigenvalue weighted by atomic mass is 32.2. The van der Waals surface area contributed by atoms with Crippen LogP contribution in [0.15, 0.2) is 24.3 Å². The summed E-state index contributed by atoms with van der Waals surface area (Å²) >= 11 is 1.87. The Morgan fingerprint density at radius 1 is 1.21 bits per heavy atom. The highest BCUT2D eigenvalue weighted by Gasteiger charge is 2.38. The molecule has 0 radical (unpaired) electrons. The molecule has 1 aromatic rings. The topological polar surface area (TPSA) is 86.8 Å². The Labute approximate surface area is 147 Å². The molecular formula is C15H15N3O4S2. The monoisotopic (exact) mass is 365 g/mol. The molecule has 7 nitrogen and oxygen atoms in total. The fourth-order valence-corrected chi connectivity index (χ4v) is 4.11. The third-order valence-electron chi connectivity index (χ3n) is 3.72. The van der Waals surface area contributed by atoms with Gasteiger partial charge < -0.3 is 4.90 Å². The van der Waals surface area contributed by atoms with E-state index in [9.17, 15) is 19.2 Å². The number of benzene rings is 1. The van der Waals surface area contributed by atoms with Crippen LogP contribution in [0.2, 0.25) is 0 Å². The van der Waals surface area contributed by atoms with Crippen molar-refractivity contribution in [2.24, 2.45) is 0 Å². The zero-order valence-corrected chi connectivity index (χ0v) is 14.5. The number of hydrogen-bond donors (Lipinski definition) is 1. The third kappa shape index (κ3) is 3.41. The van der Waals surface area contributed by atoms with E-state index >= 15 is 0 Å². The molecule has 3 rings (SSSR count). The number of nitrogens with one attached hydrogen (secondary N) is 1. The molecule has 4 amide bonds. The maximum Gasteiger partial charge on any atom is 0.288 e. The van der Waals surface area contributed by atoms with Crippen LogP contribution in [0.5, 0.6) is 0 Å². The quantitative estimate of drug-likeness (QED) is 0.851. The molecule has 2 fully saturated rings. The van der Waals surface area contributed by atoms with Crippen molar-refractivity contribution < 1.29 is 19.2 Å². The smallest absolute Gasteiger partial charge is 0.288 e. The number of nitrogens with zero attached hydrogens (tertiary/aromatic N) is 2. The van der Waals surface area contributed by atoms with E-state index in [4.69, 9.17) is 0 Å². The van der Waals surface area contributed by atoms with Gasteiger partial charge in [-0.2, -0.15) is 0 Å². The van der Waals surface area contributed by atoms with Gasteiger partial charge in [0.2, 0.25) is 5.91 Å². The average molecular weight is 365 g/mol. The summed E-state index contributed by atoms with van der Waals surface area (Å²) in [6.07, 6.45) is 0. The van der Waals surface area contributed by atoms with Crippen molar-refractivity contribution in [3.05, 3.63) is 29.8 Å². The first-order chi connectivity index (χ1) is 11.5. The molecule has 0 aromatic heterocycles. The molecule has 24 heavy (non-hydrogen) atoms. The number of carbonyl (C=O) groups excluding carboxylic acids is 4. The van der Waals surface area contributed by atoms with Crippen LogP contribution in [-0.2, 0) is 9.59 Å². The van der Waals surface area contributed by atoms with Gasteiger partial charge in [-0.15, -0.1) is 0 Å². The molecule has 0 spiro atoms. The number of imide groups is 2. The second kappa shape index (κ2) is 6.86. The van der Waals surface area contributed by atoms with Gasteiger partial charge in [-0.05, 0) is 30.8 Å². The van der Waals surface area contributed by atoms with Crippen molar-refractivity contribution in [2.75, 3.05) is 23.7 Å². The van der Waals surface area contributed by atoms with Gasteiger partial charge in [0.1, 0.15) is 0 Å². The van der Waals surface area contributed by atoms with Gasteiger partial charge in [0, 0.05) is 18.8 Å². The molecule has 2 aliphatic rings. The molecule has 0 saturated carbocycles. The lowest BCUT2D eigenvalue weighted by Gasteiger charge is -2.29. The van der Waals surface area contributed by atoms with Crippen LogP contribution in [-0.4, -0.2) is 51.4 Å². The Morgan fingerprint density at radius 2 is 1.92 bits per heavy atom. The summed E-state index contributed by atoms with van der Waals surface area (Å²) in [6, 6.07) is 7.52. The van der Waals surface area contributed by atoms with E-state index in [1.807, 2.05) is 31.2 Å². The minimum absolute atomic E-state index is 0.153. The molecule has 2 heterocycles. The number of hydrogen-bond acceptors (Lipinski definition) is 7. The fraction of sp³-hybridized carbons (Fsp3) is 0.333. The summed E-state index contributed by atoms with van der Waals surface area (Å²) in [5.41, 5.74) is 1.83. The maximum atomic E-state index is 12.0. The molecule has 2 saturated heterocycles. The van der Waals surface area contributed by atoms with Crippen molar-refractivity contribution in [2.45, 2.75) is 12.3 Å². The lowest BCUT2D eigenvalue weighted by molar-refractivity contribution is -0.124. The first-order valence-corrected chi connectivity index (χ1v) is 9.14. The summed E-state index contributed by atoms with van der Waals surface area (Å²) < 4.78 is 0. The van der Waals surface area contributed by atoms with Crippen LogP contribution in [0, 0.1) is 6.92 Å². The van der Waals surface area contributed by atoms with E-state index < -0.39 is 10.6 Å². The number of amides is 4. The highest BCUT2D eigenvalue weighted by molar-refractivity contribution is 8.15. The highest BCUT2D eigenvalue weighted by Crippen LogP contribution is 2.28. The van der Waals surface area contributed by atoms with Gasteiger partial charge >= 0.3 is 0 Å². The largest absolute Gasteiger partial charge is 0.349 e. The average Bonchev–Trinajstić information content (AvgIpc) is 3.04. The number of carbonyl (C=O) groups is 4. The summed E-state index contributed by atoms with van der Waals surface area (Å²) in [5, 5.41) is 0.886. The minimum atomic E-state index is -0.708. The number of aryl methyl sites for hydroxylation is 1. The van der Waals surface area contributed by atoms with E-state index in [1.165, 1.54) is 4.90 Å². The maximum absolute atomic E-state index is 12.0. The van der Waals surface area contributed by atoms with Crippen molar-refractivity contribution in [1.29, 1.82) is 0 Å². The van der Waals surface area contributed by atoms with Gasteiger partial charge in [0.15, 0.2) is 5.37 Å². The van der Waals surface area contributed by atoms with Crippen LogP contribution in [0.1, 0.15) is 5.56 Å². The number of anilines is 1. The van der Waals surface area contributed by atoms with Gasteiger partial charge in [-0.1, -0.05) is 29.5 Å². The second-order valence-electron chi connectivity index (χ2n) is 5.38. The molecule has 9 heteroatoms. The second-order valence-corrected chi connectivity index (χ2v) is 7.36. The molecule has 0 aliphatic carbocycles. The Kier molecular flexibility index (Phi) is 4.81. The lowest BCUT2D eigenvalue weighted by Crippen LogP contribution is -2.44. The van der Waals surface area contributed by atoms with Crippen LogP contribution in [0.4, 0.5) is 15.3 Å². The summed E-state index contributed by atoms with van der Waals surface area (Å²) in [5.74, 6) is -0.465. The summed E-state index contributed by atoms with van der Waals surface area (Å²) in [6.45, 7) is 2.41. The van der Waals surface area contributed by atoms with Crippen molar-refractivity contribution >= 4 is 51.5 Å². The van der Waals surface area contributed by atoms with E-state index in [1.54, 1.807) is 4.90 Å². The SMILES string of the molecule is Cc1ccc(N(CCN2C(=O)CSC2=O)[C@@H]2SC(=O)NC2=O)cc1. The van der Waals surface area contributed by atoms with E-state index in [0.29, 0.717) is 0 Å². The van der Waals surface area contributed by atoms with Crippen LogP contribution in [0.25, 0.3) is 0 Å². The Bertz CT molecular complexity index is 691. The summed E-state index contributed by atoms with van der Waals surface area (Å²) in [4.78, 5) is 49.9. The van der Waals surface area contributed by atoms with Gasteiger partial charge in [-0.3, -0.25) is 29.4 Å². The standard InChI is InChI=1S/C15H15N3O4S2/c1-9-2-4-10(5-3-9)17(13-12(20)16-14(21)24-13)6-7-18-11(19)8-23-15(18)22/h2-5,13H,6-8H2,1H3,(H,16,20,21)/t13-/m1/s1. The molecule has 0 unspecified atom stereocenters. The van der Waals surface area contributed by atoms with Crippen LogP contribution >= 0.6 is 23.5 Å². The zero-order chi connectivity index (χ0) is 17.3. The normalized spacial score (nSPS) is 20.7. The number of thioether (sulfide) groups is 2. The van der Waals surface area contributed by atoms with Gasteiger partial charge in [0.25, 0.3) is 16.4 Å². The molecule has 2 aliphatic heterocycles. The molecule has 1 N–H and O–H groups in total. The van der Waals surface area contributed by atoms with Crippen LogP contribution in [0.3, 0.4) is 0 Å². The Hall–Kier alpha value is -2.00. The predicted molar refractivity (Wildman–Crippen MR) is 93.0 cm³/mol. The van der Waals surface area contributed by atoms with Crippen molar-refractivity contribution in [1.82, 2.24) is 10.2 Å². The number of rotatable bonds is 5. The zero-order valence-electron chi connectivity index (χ0n) is 12.9. The molecule has 0 bridgehead atoms. The first kappa shape index (κ1) is 16.8. The van der Waals surface area contributed by atoms with E-state index in [2.05, 4.69) is 5.32 Å². The molecule has 1 atom stereocenters. The van der Waals surface area contributed by atoms with Crippen LogP contribution < -0.4 is 10.2 Å². The third-order valence-corrected chi connectivity index (χ3v) is 5.59. The van der Waals surface area contributed by atoms with Gasteiger partial charge in [-0.25, -0.2) is 0 Å². The van der Waals surface area contributed by atoms with E-state index in [-0.39, 0.29) is 35.9 Å². The summed E-state index contributed by atoms with van der Waals surface area (Å²) in [7, 11) is 0. The molecule has 126 valence electrons. The van der Waals surface area contributed by atoms with E-state index in [0.717, 1.165) is 34.8 Å². The minimum Gasteiger partial charge on any atom is -0.349 e. The molecular weight excluding hydrogens is 350 g/mol. The van der Waals surface area contributed by atoms with Gasteiger partial charge in [0.05, 0.1) is 5.75 Å². The van der Waals surface area contributed by atoms with Crippen molar-refractivity contribution in [3.63, 3.8) is 0 Å². The van der Waals surface area contributed by atoms with Crippen molar-refractivity contribution in [3.8, 4) is 0 Å². The Balaban J connectivity index is 1.80. The Morgan fingerprint density at radius 3 is 2.46 bits per heavy atom.